The first kappa shape index (κ1) is 6.66. The van der Waals surface area contributed by atoms with Gasteiger partial charge in [0, 0.05) is 6.04 Å². The van der Waals surface area contributed by atoms with Crippen LogP contribution in [0, 0.1) is 0 Å². The molecule has 0 spiro atoms. The summed E-state index contributed by atoms with van der Waals surface area (Å²) in [4.78, 5) is 0. The Labute approximate surface area is 43.9 Å². The minimum atomic E-state index is 0.0210. The van der Waals surface area contributed by atoms with Gasteiger partial charge in [-0.15, -0.1) is 6.58 Å². The number of aliphatic hydroxyl groups excluding tert-OH is 1. The van der Waals surface area contributed by atoms with Gasteiger partial charge in [0.1, 0.15) is 0 Å². The molecule has 7 heavy (non-hydrogen) atoms. The zero-order valence-electron chi connectivity index (χ0n) is 4.52. The fraction of sp³-hybridized carbons (Fsp3) is 0.600. The van der Waals surface area contributed by atoms with Crippen molar-refractivity contribution in [2.24, 2.45) is 0 Å². The molecule has 0 aliphatic heterocycles. The topological polar surface area (TPSA) is 32.3 Å². The minimum absolute atomic E-state index is 0.0210. The van der Waals surface area contributed by atoms with Crippen molar-refractivity contribution >= 4 is 0 Å². The zero-order chi connectivity index (χ0) is 5.70. The van der Waals surface area contributed by atoms with Crippen molar-refractivity contribution in [3.63, 3.8) is 0 Å². The van der Waals surface area contributed by atoms with Gasteiger partial charge in [-0.05, 0) is 6.92 Å². The van der Waals surface area contributed by atoms with E-state index in [0.29, 0.717) is 0 Å². The second-order valence-corrected chi connectivity index (χ2v) is 1.39. The average Bonchev–Trinajstić information content (AvgIpc) is 1.68. The van der Waals surface area contributed by atoms with E-state index in [1.807, 2.05) is 6.92 Å². The standard InChI is InChI=1S/C5H11NO/c1-3-5(2)6-4-7/h3,5-7H,1,4H2,2H3. The van der Waals surface area contributed by atoms with Crippen LogP contribution in [-0.2, 0) is 0 Å². The third kappa shape index (κ3) is 3.49. The normalized spacial score (nSPS) is 13.4. The van der Waals surface area contributed by atoms with Crippen LogP contribution in [0.4, 0.5) is 0 Å². The Hall–Kier alpha value is -0.340. The van der Waals surface area contributed by atoms with Crippen LogP contribution in [0.5, 0.6) is 0 Å². The van der Waals surface area contributed by atoms with Crippen molar-refractivity contribution in [2.75, 3.05) is 6.73 Å². The number of hydrogen-bond acceptors (Lipinski definition) is 2. The highest BCUT2D eigenvalue weighted by Crippen LogP contribution is 1.76. The highest BCUT2D eigenvalue weighted by molar-refractivity contribution is 4.79. The number of aliphatic hydroxyl groups is 1. The van der Waals surface area contributed by atoms with Crippen LogP contribution in [0.15, 0.2) is 12.7 Å². The molecule has 42 valence electrons. The van der Waals surface area contributed by atoms with Crippen molar-refractivity contribution in [1.82, 2.24) is 5.32 Å². The molecule has 0 radical (unpaired) electrons. The SMILES string of the molecule is C=CC(C)NCO. The minimum Gasteiger partial charge on any atom is -0.381 e. The summed E-state index contributed by atoms with van der Waals surface area (Å²) in [6.07, 6.45) is 1.73. The molecule has 0 aromatic rings. The molecule has 0 saturated heterocycles. The molecule has 2 nitrogen and oxygen atoms in total. The molecule has 0 heterocycles. The third-order valence-corrected chi connectivity index (χ3v) is 0.767. The highest BCUT2D eigenvalue weighted by atomic mass is 16.3. The molecule has 0 aliphatic carbocycles. The Morgan fingerprint density at radius 3 is 2.71 bits per heavy atom. The molecule has 0 saturated carbocycles. The lowest BCUT2D eigenvalue weighted by Crippen LogP contribution is -2.23. The lowest BCUT2D eigenvalue weighted by molar-refractivity contribution is 0.253. The third-order valence-electron chi connectivity index (χ3n) is 0.767. The summed E-state index contributed by atoms with van der Waals surface area (Å²) in [5.74, 6) is 0. The van der Waals surface area contributed by atoms with Crippen LogP contribution in [0.3, 0.4) is 0 Å². The van der Waals surface area contributed by atoms with Gasteiger partial charge >= 0.3 is 0 Å². The van der Waals surface area contributed by atoms with E-state index >= 15 is 0 Å². The molecule has 0 amide bonds. The Kier molecular flexibility index (Phi) is 3.65. The number of hydrogen-bond donors (Lipinski definition) is 2. The summed E-state index contributed by atoms with van der Waals surface area (Å²) in [6.45, 7) is 5.45. The fourth-order valence-electron chi connectivity index (χ4n) is 0.227. The first-order valence-corrected chi connectivity index (χ1v) is 2.28. The Morgan fingerprint density at radius 2 is 2.57 bits per heavy atom. The van der Waals surface area contributed by atoms with E-state index in [4.69, 9.17) is 5.11 Å². The molecule has 0 aromatic heterocycles. The van der Waals surface area contributed by atoms with Gasteiger partial charge in [0.2, 0.25) is 0 Å². The van der Waals surface area contributed by atoms with E-state index in [9.17, 15) is 0 Å². The summed E-state index contributed by atoms with van der Waals surface area (Å²) < 4.78 is 0. The maximum Gasteiger partial charge on any atom is 0.0935 e. The summed E-state index contributed by atoms with van der Waals surface area (Å²) in [7, 11) is 0. The molecule has 2 N–H and O–H groups in total. The number of rotatable bonds is 3. The van der Waals surface area contributed by atoms with E-state index < -0.39 is 0 Å². The van der Waals surface area contributed by atoms with Crippen molar-refractivity contribution in [3.8, 4) is 0 Å². The van der Waals surface area contributed by atoms with E-state index in [1.165, 1.54) is 0 Å². The molecule has 0 aromatic carbocycles. The summed E-state index contributed by atoms with van der Waals surface area (Å²) in [6, 6.07) is 0.213. The van der Waals surface area contributed by atoms with E-state index in [1.54, 1.807) is 6.08 Å². The number of nitrogens with one attached hydrogen (secondary N) is 1. The van der Waals surface area contributed by atoms with Crippen LogP contribution < -0.4 is 5.32 Å². The van der Waals surface area contributed by atoms with Gasteiger partial charge < -0.3 is 5.11 Å². The first-order chi connectivity index (χ1) is 3.31. The molecule has 1 atom stereocenters. The smallest absolute Gasteiger partial charge is 0.0935 e. The van der Waals surface area contributed by atoms with Crippen LogP contribution in [0.2, 0.25) is 0 Å². The maximum absolute atomic E-state index is 8.21. The van der Waals surface area contributed by atoms with Crippen LogP contribution >= 0.6 is 0 Å². The molecule has 0 fully saturated rings. The van der Waals surface area contributed by atoms with E-state index in [0.717, 1.165) is 0 Å². The van der Waals surface area contributed by atoms with E-state index in [2.05, 4.69) is 11.9 Å². The quantitative estimate of drug-likeness (QED) is 0.390. The monoisotopic (exact) mass is 101 g/mol. The van der Waals surface area contributed by atoms with Crippen LogP contribution in [-0.4, -0.2) is 17.9 Å². The van der Waals surface area contributed by atoms with Crippen molar-refractivity contribution < 1.29 is 5.11 Å². The largest absolute Gasteiger partial charge is 0.381 e. The summed E-state index contributed by atoms with van der Waals surface area (Å²) >= 11 is 0. The van der Waals surface area contributed by atoms with E-state index in [-0.39, 0.29) is 12.8 Å². The first-order valence-electron chi connectivity index (χ1n) is 2.28. The second kappa shape index (κ2) is 3.84. The molecular weight excluding hydrogens is 90.1 g/mol. The Bertz CT molecular complexity index is 54.0. The van der Waals surface area contributed by atoms with Crippen molar-refractivity contribution in [2.45, 2.75) is 13.0 Å². The second-order valence-electron chi connectivity index (χ2n) is 1.39. The summed E-state index contributed by atoms with van der Waals surface area (Å²) in [5.41, 5.74) is 0. The van der Waals surface area contributed by atoms with Gasteiger partial charge in [-0.2, -0.15) is 0 Å². The fourth-order valence-corrected chi connectivity index (χ4v) is 0.227. The lowest BCUT2D eigenvalue weighted by Gasteiger charge is -2.02. The van der Waals surface area contributed by atoms with Crippen molar-refractivity contribution in [3.05, 3.63) is 12.7 Å². The predicted molar refractivity (Wildman–Crippen MR) is 29.9 cm³/mol. The summed E-state index contributed by atoms with van der Waals surface area (Å²) in [5, 5.41) is 10.9. The average molecular weight is 101 g/mol. The molecule has 0 aliphatic rings. The Balaban J connectivity index is 2.98. The predicted octanol–water partition coefficient (Wildman–Crippen LogP) is 0.100. The molecular formula is C5H11NO. The maximum atomic E-state index is 8.21. The van der Waals surface area contributed by atoms with Gasteiger partial charge in [-0.25, -0.2) is 0 Å². The van der Waals surface area contributed by atoms with Crippen LogP contribution in [0.25, 0.3) is 0 Å². The van der Waals surface area contributed by atoms with Crippen LogP contribution in [0.1, 0.15) is 6.92 Å². The van der Waals surface area contributed by atoms with Crippen molar-refractivity contribution in [1.29, 1.82) is 0 Å². The van der Waals surface area contributed by atoms with Gasteiger partial charge in [-0.1, -0.05) is 6.08 Å². The zero-order valence-corrected chi connectivity index (χ0v) is 4.52. The molecule has 0 rings (SSSR count). The van der Waals surface area contributed by atoms with Gasteiger partial charge in [0.25, 0.3) is 0 Å². The van der Waals surface area contributed by atoms with Gasteiger partial charge in [0.05, 0.1) is 6.73 Å². The molecule has 0 bridgehead atoms. The molecule has 2 heteroatoms. The van der Waals surface area contributed by atoms with Gasteiger partial charge in [0.15, 0.2) is 0 Å². The van der Waals surface area contributed by atoms with Gasteiger partial charge in [-0.3, -0.25) is 5.32 Å². The Morgan fingerprint density at radius 1 is 2.00 bits per heavy atom. The molecule has 1 unspecified atom stereocenters. The lowest BCUT2D eigenvalue weighted by atomic mass is 10.3. The highest BCUT2D eigenvalue weighted by Gasteiger charge is 1.86.